The van der Waals surface area contributed by atoms with E-state index in [1.54, 1.807) is 0 Å². The number of nitrogens with one attached hydrogen (secondary N) is 2. The molecule has 0 radical (unpaired) electrons. The van der Waals surface area contributed by atoms with Crippen LogP contribution in [0.2, 0.25) is 0 Å². The molecule has 0 spiro atoms. The molecule has 3 nitrogen and oxygen atoms in total. The van der Waals surface area contributed by atoms with E-state index in [2.05, 4.69) is 24.5 Å². The van der Waals surface area contributed by atoms with Crippen molar-refractivity contribution >= 4 is 17.3 Å². The summed E-state index contributed by atoms with van der Waals surface area (Å²) in [5.74, 6) is 0.0492. The lowest BCUT2D eigenvalue weighted by atomic mass is 10.1. The van der Waals surface area contributed by atoms with Gasteiger partial charge in [-0.25, -0.2) is 0 Å². The second-order valence-electron chi connectivity index (χ2n) is 4.52. The molecule has 1 rings (SSSR count). The molecule has 0 saturated carbocycles. The molecule has 0 heterocycles. The van der Waals surface area contributed by atoms with Gasteiger partial charge in [-0.1, -0.05) is 27.2 Å². The number of anilines is 2. The first kappa shape index (κ1) is 14.6. The molecule has 0 saturated heterocycles. The third-order valence-corrected chi connectivity index (χ3v) is 2.99. The molecule has 18 heavy (non-hydrogen) atoms. The Bertz CT molecular complexity index is 359. The Kier molecular flexibility index (Phi) is 6.26. The van der Waals surface area contributed by atoms with E-state index in [-0.39, 0.29) is 5.91 Å². The summed E-state index contributed by atoms with van der Waals surface area (Å²) in [5, 5.41) is 6.36. The SMILES string of the molecule is CCCC(CC)Nc1ccc(NC(=O)CC)cc1. The molecule has 1 amide bonds. The van der Waals surface area contributed by atoms with Gasteiger partial charge in [0.05, 0.1) is 0 Å². The van der Waals surface area contributed by atoms with Gasteiger partial charge in [-0.05, 0) is 37.1 Å². The molecule has 3 heteroatoms. The summed E-state index contributed by atoms with van der Waals surface area (Å²) in [6.07, 6.45) is 4.01. The van der Waals surface area contributed by atoms with Crippen LogP contribution in [0.4, 0.5) is 11.4 Å². The van der Waals surface area contributed by atoms with Crippen LogP contribution < -0.4 is 10.6 Å². The summed E-state index contributed by atoms with van der Waals surface area (Å²) in [6.45, 7) is 6.25. The normalized spacial score (nSPS) is 11.9. The fourth-order valence-corrected chi connectivity index (χ4v) is 1.86. The lowest BCUT2D eigenvalue weighted by Gasteiger charge is -2.17. The highest BCUT2D eigenvalue weighted by Crippen LogP contribution is 2.16. The molecule has 2 N–H and O–H groups in total. The maximum atomic E-state index is 11.2. The zero-order valence-corrected chi connectivity index (χ0v) is 11.6. The summed E-state index contributed by atoms with van der Waals surface area (Å²) < 4.78 is 0. The van der Waals surface area contributed by atoms with E-state index in [4.69, 9.17) is 0 Å². The number of benzene rings is 1. The van der Waals surface area contributed by atoms with E-state index in [1.807, 2.05) is 31.2 Å². The van der Waals surface area contributed by atoms with Crippen LogP contribution in [-0.4, -0.2) is 11.9 Å². The predicted molar refractivity (Wildman–Crippen MR) is 78.0 cm³/mol. The molecule has 0 bridgehead atoms. The number of hydrogen-bond acceptors (Lipinski definition) is 2. The summed E-state index contributed by atoms with van der Waals surface area (Å²) in [6, 6.07) is 8.45. The van der Waals surface area contributed by atoms with Gasteiger partial charge in [0.25, 0.3) is 0 Å². The summed E-state index contributed by atoms with van der Waals surface area (Å²) >= 11 is 0. The topological polar surface area (TPSA) is 41.1 Å². The fourth-order valence-electron chi connectivity index (χ4n) is 1.86. The minimum absolute atomic E-state index is 0.0492. The van der Waals surface area contributed by atoms with E-state index in [9.17, 15) is 4.79 Å². The first-order valence-electron chi connectivity index (χ1n) is 6.86. The number of rotatable bonds is 7. The van der Waals surface area contributed by atoms with Gasteiger partial charge in [-0.2, -0.15) is 0 Å². The molecular formula is C15H24N2O. The van der Waals surface area contributed by atoms with Crippen molar-refractivity contribution in [2.45, 2.75) is 52.5 Å². The number of carbonyl (C=O) groups excluding carboxylic acids is 1. The standard InChI is InChI=1S/C15H24N2O/c1-4-7-12(5-2)16-13-8-10-14(11-9-13)17-15(18)6-3/h8-12,16H,4-7H2,1-3H3,(H,17,18). The van der Waals surface area contributed by atoms with E-state index >= 15 is 0 Å². The highest BCUT2D eigenvalue weighted by molar-refractivity contribution is 5.90. The van der Waals surface area contributed by atoms with Crippen LogP contribution in [0, 0.1) is 0 Å². The van der Waals surface area contributed by atoms with Crippen LogP contribution in [-0.2, 0) is 4.79 Å². The van der Waals surface area contributed by atoms with Crippen molar-refractivity contribution in [1.82, 2.24) is 0 Å². The Morgan fingerprint density at radius 1 is 1.11 bits per heavy atom. The molecule has 0 aliphatic carbocycles. The van der Waals surface area contributed by atoms with Crippen LogP contribution in [0.15, 0.2) is 24.3 Å². The minimum Gasteiger partial charge on any atom is -0.382 e. The highest BCUT2D eigenvalue weighted by Gasteiger charge is 2.04. The fraction of sp³-hybridized carbons (Fsp3) is 0.533. The largest absolute Gasteiger partial charge is 0.382 e. The molecule has 0 fully saturated rings. The van der Waals surface area contributed by atoms with E-state index in [0.717, 1.165) is 17.8 Å². The predicted octanol–water partition coefficient (Wildman–Crippen LogP) is 4.03. The van der Waals surface area contributed by atoms with Crippen molar-refractivity contribution < 1.29 is 4.79 Å². The van der Waals surface area contributed by atoms with E-state index < -0.39 is 0 Å². The van der Waals surface area contributed by atoms with Crippen LogP contribution in [0.3, 0.4) is 0 Å². The van der Waals surface area contributed by atoms with Crippen LogP contribution in [0.1, 0.15) is 46.5 Å². The van der Waals surface area contributed by atoms with Crippen molar-refractivity contribution in [3.8, 4) is 0 Å². The van der Waals surface area contributed by atoms with Gasteiger partial charge in [0.1, 0.15) is 0 Å². The van der Waals surface area contributed by atoms with Crippen molar-refractivity contribution in [2.24, 2.45) is 0 Å². The summed E-state index contributed by atoms with van der Waals surface area (Å²) in [4.78, 5) is 11.2. The first-order valence-corrected chi connectivity index (χ1v) is 6.86. The van der Waals surface area contributed by atoms with Crippen LogP contribution in [0.25, 0.3) is 0 Å². The molecule has 0 aromatic heterocycles. The monoisotopic (exact) mass is 248 g/mol. The average Bonchev–Trinajstić information content (AvgIpc) is 2.40. The lowest BCUT2D eigenvalue weighted by molar-refractivity contribution is -0.115. The van der Waals surface area contributed by atoms with Crippen LogP contribution in [0.5, 0.6) is 0 Å². The molecule has 0 aliphatic heterocycles. The molecule has 1 unspecified atom stereocenters. The van der Waals surface area contributed by atoms with Crippen molar-refractivity contribution in [3.05, 3.63) is 24.3 Å². The maximum absolute atomic E-state index is 11.2. The van der Waals surface area contributed by atoms with Crippen molar-refractivity contribution in [1.29, 1.82) is 0 Å². The minimum atomic E-state index is 0.0492. The van der Waals surface area contributed by atoms with Gasteiger partial charge in [0.2, 0.25) is 5.91 Å². The average molecular weight is 248 g/mol. The quantitative estimate of drug-likeness (QED) is 0.765. The van der Waals surface area contributed by atoms with Gasteiger partial charge in [-0.15, -0.1) is 0 Å². The molecule has 1 atom stereocenters. The Morgan fingerprint density at radius 2 is 1.72 bits per heavy atom. The van der Waals surface area contributed by atoms with E-state index in [1.165, 1.54) is 12.8 Å². The second-order valence-corrected chi connectivity index (χ2v) is 4.52. The number of carbonyl (C=O) groups is 1. The van der Waals surface area contributed by atoms with Crippen LogP contribution >= 0.6 is 0 Å². The Hall–Kier alpha value is -1.51. The Morgan fingerprint density at radius 3 is 2.22 bits per heavy atom. The van der Waals surface area contributed by atoms with Gasteiger partial charge in [0.15, 0.2) is 0 Å². The second kappa shape index (κ2) is 7.75. The molecule has 1 aromatic carbocycles. The zero-order valence-electron chi connectivity index (χ0n) is 11.6. The van der Waals surface area contributed by atoms with Gasteiger partial charge < -0.3 is 10.6 Å². The first-order chi connectivity index (χ1) is 8.69. The lowest BCUT2D eigenvalue weighted by Crippen LogP contribution is -2.17. The number of hydrogen-bond donors (Lipinski definition) is 2. The van der Waals surface area contributed by atoms with E-state index in [0.29, 0.717) is 12.5 Å². The third-order valence-electron chi connectivity index (χ3n) is 2.99. The summed E-state index contributed by atoms with van der Waals surface area (Å²) in [5.41, 5.74) is 1.97. The Balaban J connectivity index is 2.56. The molecular weight excluding hydrogens is 224 g/mol. The van der Waals surface area contributed by atoms with Crippen molar-refractivity contribution in [3.63, 3.8) is 0 Å². The molecule has 100 valence electrons. The molecule has 1 aromatic rings. The maximum Gasteiger partial charge on any atom is 0.224 e. The molecule has 0 aliphatic rings. The zero-order chi connectivity index (χ0) is 13.4. The highest BCUT2D eigenvalue weighted by atomic mass is 16.1. The van der Waals surface area contributed by atoms with Crippen molar-refractivity contribution in [2.75, 3.05) is 10.6 Å². The summed E-state index contributed by atoms with van der Waals surface area (Å²) in [7, 11) is 0. The van der Waals surface area contributed by atoms with Gasteiger partial charge in [-0.3, -0.25) is 4.79 Å². The van der Waals surface area contributed by atoms with Gasteiger partial charge in [0, 0.05) is 23.8 Å². The van der Waals surface area contributed by atoms with Gasteiger partial charge >= 0.3 is 0 Å². The third kappa shape index (κ3) is 4.78. The Labute approximate surface area is 110 Å². The smallest absolute Gasteiger partial charge is 0.224 e. The number of amides is 1.